The van der Waals surface area contributed by atoms with Crippen molar-refractivity contribution >= 4 is 22.6 Å². The average Bonchev–Trinajstić information content (AvgIpc) is 2.45. The van der Waals surface area contributed by atoms with Gasteiger partial charge in [0.2, 0.25) is 5.90 Å². The molecule has 0 bridgehead atoms. The summed E-state index contributed by atoms with van der Waals surface area (Å²) in [5.41, 5.74) is 1.50. The fourth-order valence-electron chi connectivity index (χ4n) is 2.05. The Morgan fingerprint density at radius 2 is 1.61 bits per heavy atom. The second-order valence-electron chi connectivity index (χ2n) is 3.63. The van der Waals surface area contributed by atoms with Crippen molar-refractivity contribution in [1.29, 1.82) is 0 Å². The number of hydrogen-bond acceptors (Lipinski definition) is 3. The summed E-state index contributed by atoms with van der Waals surface area (Å²) in [6.45, 7) is 4.00. The zero-order valence-electron chi connectivity index (χ0n) is 10.7. The molecule has 0 amide bonds. The van der Waals surface area contributed by atoms with Crippen LogP contribution >= 0.6 is 0 Å². The van der Waals surface area contributed by atoms with Gasteiger partial charge >= 0.3 is 5.97 Å². The van der Waals surface area contributed by atoms with Gasteiger partial charge in [-0.05, 0) is 17.5 Å². The van der Waals surface area contributed by atoms with Crippen LogP contribution in [-0.2, 0) is 4.74 Å². The maximum absolute atomic E-state index is 11.7. The van der Waals surface area contributed by atoms with E-state index in [4.69, 9.17) is 4.74 Å². The van der Waals surface area contributed by atoms with Crippen LogP contribution in [0.4, 0.5) is 0 Å². The van der Waals surface area contributed by atoms with Crippen LogP contribution in [0.15, 0.2) is 41.4 Å². The van der Waals surface area contributed by atoms with E-state index in [2.05, 4.69) is 4.99 Å². The van der Waals surface area contributed by atoms with E-state index in [9.17, 15) is 4.79 Å². The van der Waals surface area contributed by atoms with Crippen molar-refractivity contribution in [2.45, 2.75) is 13.8 Å². The maximum atomic E-state index is 11.7. The highest BCUT2D eigenvalue weighted by molar-refractivity contribution is 6.22. The molecule has 0 radical (unpaired) electrons. The number of esters is 1. The first-order chi connectivity index (χ1) is 8.81. The summed E-state index contributed by atoms with van der Waals surface area (Å²) in [4.78, 5) is 15.7. The first-order valence-electron chi connectivity index (χ1n) is 6.02. The van der Waals surface area contributed by atoms with Crippen LogP contribution in [0.3, 0.4) is 0 Å². The van der Waals surface area contributed by atoms with Gasteiger partial charge in [0.25, 0.3) is 0 Å². The lowest BCUT2D eigenvalue weighted by atomic mass is 9.97. The molecule has 2 aromatic carbocycles. The third kappa shape index (κ3) is 1.78. The Morgan fingerprint density at radius 1 is 1.00 bits per heavy atom. The zero-order chi connectivity index (χ0) is 13.1. The van der Waals surface area contributed by atoms with Crippen LogP contribution in [0.1, 0.15) is 29.8 Å². The normalized spacial score (nSPS) is 15.1. The second kappa shape index (κ2) is 5.00. The number of ether oxygens (including phenoxy) is 1. The molecule has 0 atom stereocenters. The Morgan fingerprint density at radius 3 is 2.22 bits per heavy atom. The molecule has 0 aliphatic carbocycles. The molecule has 3 heteroatoms. The molecule has 0 N–H and O–H groups in total. The third-order valence-corrected chi connectivity index (χ3v) is 2.75. The molecule has 0 saturated carbocycles. The van der Waals surface area contributed by atoms with Crippen molar-refractivity contribution in [3.8, 4) is 0 Å². The maximum Gasteiger partial charge on any atom is 0.345 e. The lowest BCUT2D eigenvalue weighted by Crippen LogP contribution is -2.20. The summed E-state index contributed by atoms with van der Waals surface area (Å²) in [6.07, 6.45) is 0. The summed E-state index contributed by atoms with van der Waals surface area (Å²) < 4.78 is 5.16. The fourth-order valence-corrected chi connectivity index (χ4v) is 2.05. The van der Waals surface area contributed by atoms with Crippen LogP contribution < -0.4 is 0 Å². The van der Waals surface area contributed by atoms with Gasteiger partial charge in [0.15, 0.2) is 0 Å². The largest absolute Gasteiger partial charge is 0.404 e. The van der Waals surface area contributed by atoms with E-state index in [0.29, 0.717) is 11.5 Å². The second-order valence-corrected chi connectivity index (χ2v) is 3.63. The predicted octanol–water partition coefficient (Wildman–Crippen LogP) is 3.41. The summed E-state index contributed by atoms with van der Waals surface area (Å²) in [5, 5.41) is 1.97. The monoisotopic (exact) mass is 241 g/mol. The molecule has 0 aromatic heterocycles. The lowest BCUT2D eigenvalue weighted by molar-refractivity contribution is 0.0716. The molecule has 0 unspecified atom stereocenters. The van der Waals surface area contributed by atoms with Gasteiger partial charge in [-0.15, -0.1) is 0 Å². The molecular formula is C15H15NO2. The molecule has 3 rings (SSSR count). The van der Waals surface area contributed by atoms with E-state index in [1.54, 1.807) is 13.1 Å². The summed E-state index contributed by atoms with van der Waals surface area (Å²) in [6, 6.07) is 11.5. The van der Waals surface area contributed by atoms with Crippen molar-refractivity contribution in [3.63, 3.8) is 0 Å². The standard InChI is InChI=1S/C13H9NO2.C2H6/c1-14-12-9-6-2-4-8-5-3-7-10(11(8)9)13(15)16-12;1-2/h2-7H,1H3;1-2H3. The van der Waals surface area contributed by atoms with Gasteiger partial charge in [0.05, 0.1) is 5.56 Å². The minimum atomic E-state index is -0.329. The van der Waals surface area contributed by atoms with Crippen LogP contribution in [0.25, 0.3) is 10.8 Å². The van der Waals surface area contributed by atoms with Gasteiger partial charge in [-0.2, -0.15) is 0 Å². The fraction of sp³-hybridized carbons (Fsp3) is 0.200. The number of carbonyl (C=O) groups excluding carboxylic acids is 1. The van der Waals surface area contributed by atoms with E-state index in [0.717, 1.165) is 16.3 Å². The first kappa shape index (κ1) is 12.3. The summed E-state index contributed by atoms with van der Waals surface area (Å²) >= 11 is 0. The van der Waals surface area contributed by atoms with E-state index < -0.39 is 0 Å². The van der Waals surface area contributed by atoms with Crippen LogP contribution in [0, 0.1) is 0 Å². The van der Waals surface area contributed by atoms with Gasteiger partial charge in [0.1, 0.15) is 0 Å². The molecule has 1 aliphatic rings. The quantitative estimate of drug-likeness (QED) is 0.663. The number of cyclic esters (lactones) is 1. The van der Waals surface area contributed by atoms with E-state index in [1.165, 1.54) is 0 Å². The molecule has 3 nitrogen and oxygen atoms in total. The SMILES string of the molecule is CC.CN=C1OC(=O)c2cccc3cccc1c23. The van der Waals surface area contributed by atoms with Crippen molar-refractivity contribution in [1.82, 2.24) is 0 Å². The van der Waals surface area contributed by atoms with Crippen molar-refractivity contribution in [3.05, 3.63) is 47.5 Å². The van der Waals surface area contributed by atoms with E-state index >= 15 is 0 Å². The number of nitrogens with zero attached hydrogens (tertiary/aromatic N) is 1. The molecule has 1 heterocycles. The highest BCUT2D eigenvalue weighted by Crippen LogP contribution is 2.28. The van der Waals surface area contributed by atoms with Gasteiger partial charge < -0.3 is 4.74 Å². The van der Waals surface area contributed by atoms with Crippen molar-refractivity contribution in [2.24, 2.45) is 4.99 Å². The number of aliphatic imine (C=N–C) groups is 1. The lowest BCUT2D eigenvalue weighted by Gasteiger charge is -2.17. The molecule has 1 aliphatic heterocycles. The summed E-state index contributed by atoms with van der Waals surface area (Å²) in [5.74, 6) is 0.0687. The van der Waals surface area contributed by atoms with Crippen LogP contribution in [0.5, 0.6) is 0 Å². The van der Waals surface area contributed by atoms with Gasteiger partial charge in [-0.1, -0.05) is 38.1 Å². The van der Waals surface area contributed by atoms with Crippen LogP contribution in [-0.4, -0.2) is 18.9 Å². The number of rotatable bonds is 0. The molecule has 0 spiro atoms. The van der Waals surface area contributed by atoms with E-state index in [1.807, 2.05) is 44.2 Å². The van der Waals surface area contributed by atoms with Crippen LogP contribution in [0.2, 0.25) is 0 Å². The van der Waals surface area contributed by atoms with E-state index in [-0.39, 0.29) is 5.97 Å². The first-order valence-corrected chi connectivity index (χ1v) is 6.02. The Balaban J connectivity index is 0.000000574. The summed E-state index contributed by atoms with van der Waals surface area (Å²) in [7, 11) is 1.62. The molecule has 18 heavy (non-hydrogen) atoms. The molecule has 0 saturated heterocycles. The zero-order valence-corrected chi connectivity index (χ0v) is 10.7. The Hall–Kier alpha value is -2.16. The molecular weight excluding hydrogens is 226 g/mol. The van der Waals surface area contributed by atoms with Gasteiger partial charge in [-0.25, -0.2) is 4.79 Å². The molecule has 2 aromatic rings. The highest BCUT2D eigenvalue weighted by atomic mass is 16.5. The average molecular weight is 241 g/mol. The van der Waals surface area contributed by atoms with Gasteiger partial charge in [-0.3, -0.25) is 4.99 Å². The Bertz CT molecular complexity index is 624. The minimum absolute atomic E-state index is 0.329. The number of carbonyl (C=O) groups is 1. The third-order valence-electron chi connectivity index (χ3n) is 2.75. The number of benzene rings is 2. The Kier molecular flexibility index (Phi) is 3.42. The molecule has 92 valence electrons. The minimum Gasteiger partial charge on any atom is -0.404 e. The van der Waals surface area contributed by atoms with Crippen molar-refractivity contribution in [2.75, 3.05) is 7.05 Å². The Labute approximate surface area is 106 Å². The number of hydrogen-bond donors (Lipinski definition) is 0. The van der Waals surface area contributed by atoms with Crippen molar-refractivity contribution < 1.29 is 9.53 Å². The molecule has 0 fully saturated rings. The van der Waals surface area contributed by atoms with Gasteiger partial charge in [0, 0.05) is 18.0 Å². The smallest absolute Gasteiger partial charge is 0.345 e. The predicted molar refractivity (Wildman–Crippen MR) is 73.2 cm³/mol. The topological polar surface area (TPSA) is 38.7 Å². The highest BCUT2D eigenvalue weighted by Gasteiger charge is 2.24.